The van der Waals surface area contributed by atoms with E-state index in [4.69, 9.17) is 10.5 Å². The van der Waals surface area contributed by atoms with Gasteiger partial charge >= 0.3 is 6.18 Å². The van der Waals surface area contributed by atoms with E-state index < -0.39 is 17.6 Å². The molecule has 0 aliphatic heterocycles. The lowest BCUT2D eigenvalue weighted by Crippen LogP contribution is -2.38. The first kappa shape index (κ1) is 26.5. The molecule has 0 saturated heterocycles. The minimum Gasteiger partial charge on any atom is -0.484 e. The highest BCUT2D eigenvalue weighted by Crippen LogP contribution is 2.29. The number of nitrogens with one attached hydrogen (secondary N) is 2. The number of rotatable bonds is 9. The first-order chi connectivity index (χ1) is 14.3. The minimum absolute atomic E-state index is 0. The zero-order chi connectivity index (χ0) is 22.0. The smallest absolute Gasteiger partial charge is 0.416 e. The third-order valence-electron chi connectivity index (χ3n) is 4.06. The van der Waals surface area contributed by atoms with Crippen LogP contribution < -0.4 is 21.1 Å². The molecule has 0 radical (unpaired) electrons. The molecule has 2 rings (SSSR count). The van der Waals surface area contributed by atoms with Crippen molar-refractivity contribution in [2.75, 3.05) is 19.7 Å². The number of carbonyl (C=O) groups excluding carboxylic acids is 1. The molecule has 2 aromatic rings. The van der Waals surface area contributed by atoms with Crippen LogP contribution in [-0.2, 0) is 23.9 Å². The Morgan fingerprint density at radius 1 is 1.03 bits per heavy atom. The summed E-state index contributed by atoms with van der Waals surface area (Å²) in [6.07, 6.45) is -3.62. The number of halogens is 4. The highest BCUT2D eigenvalue weighted by molar-refractivity contribution is 14.0. The Morgan fingerprint density at radius 3 is 2.19 bits per heavy atom. The Morgan fingerprint density at radius 2 is 1.65 bits per heavy atom. The summed E-state index contributed by atoms with van der Waals surface area (Å²) in [5.41, 5.74) is 6.11. The molecule has 31 heavy (non-hydrogen) atoms. The molecule has 2 aromatic carbocycles. The van der Waals surface area contributed by atoms with Gasteiger partial charge in [-0.05, 0) is 48.7 Å². The standard InChI is InChI=1S/C21H25F3N4O2.HI/c1-2-26-20(28-13-16-3-7-17(8-4-16)21(22,23)24)27-12-11-15-5-9-18(10-6-15)30-14-19(25)29;/h3-10H,2,11-14H2,1H3,(H2,25,29)(H2,26,27,28);1H. The Bertz CT molecular complexity index is 841. The van der Waals surface area contributed by atoms with E-state index in [-0.39, 0.29) is 37.1 Å². The van der Waals surface area contributed by atoms with Crippen LogP contribution in [0.1, 0.15) is 23.6 Å². The van der Waals surface area contributed by atoms with Crippen molar-refractivity contribution in [1.82, 2.24) is 10.6 Å². The number of hydrogen-bond donors (Lipinski definition) is 3. The van der Waals surface area contributed by atoms with Crippen LogP contribution in [0.4, 0.5) is 13.2 Å². The average molecular weight is 550 g/mol. The number of amides is 1. The van der Waals surface area contributed by atoms with Gasteiger partial charge < -0.3 is 21.1 Å². The van der Waals surface area contributed by atoms with Crippen LogP contribution in [0, 0.1) is 0 Å². The highest BCUT2D eigenvalue weighted by Gasteiger charge is 2.29. The summed E-state index contributed by atoms with van der Waals surface area (Å²) in [5, 5.41) is 6.30. The molecule has 6 nitrogen and oxygen atoms in total. The molecule has 0 aromatic heterocycles. The quantitative estimate of drug-likeness (QED) is 0.254. The van der Waals surface area contributed by atoms with Crippen LogP contribution in [0.3, 0.4) is 0 Å². The van der Waals surface area contributed by atoms with Gasteiger partial charge in [0.1, 0.15) is 5.75 Å². The minimum atomic E-state index is -4.34. The number of hydrogen-bond acceptors (Lipinski definition) is 3. The van der Waals surface area contributed by atoms with Gasteiger partial charge in [0, 0.05) is 13.1 Å². The number of carbonyl (C=O) groups is 1. The SMILES string of the molecule is CCNC(=NCc1ccc(C(F)(F)F)cc1)NCCc1ccc(OCC(N)=O)cc1.I. The maximum atomic E-state index is 12.6. The molecule has 0 bridgehead atoms. The molecule has 0 spiro atoms. The fourth-order valence-electron chi connectivity index (χ4n) is 2.54. The van der Waals surface area contributed by atoms with Crippen LogP contribution >= 0.6 is 24.0 Å². The van der Waals surface area contributed by atoms with Gasteiger partial charge in [0.2, 0.25) is 0 Å². The number of aliphatic imine (C=N–C) groups is 1. The number of benzene rings is 2. The van der Waals surface area contributed by atoms with Crippen molar-refractivity contribution in [2.24, 2.45) is 10.7 Å². The van der Waals surface area contributed by atoms with Crippen LogP contribution in [0.25, 0.3) is 0 Å². The first-order valence-electron chi connectivity index (χ1n) is 9.46. The second-order valence-electron chi connectivity index (χ2n) is 6.47. The molecule has 0 atom stereocenters. The van der Waals surface area contributed by atoms with Crippen molar-refractivity contribution < 1.29 is 22.7 Å². The monoisotopic (exact) mass is 550 g/mol. The normalized spacial score (nSPS) is 11.4. The zero-order valence-corrected chi connectivity index (χ0v) is 19.4. The average Bonchev–Trinajstić information content (AvgIpc) is 2.71. The Kier molecular flexibility index (Phi) is 11.2. The summed E-state index contributed by atoms with van der Waals surface area (Å²) in [6, 6.07) is 12.3. The van der Waals surface area contributed by atoms with Gasteiger partial charge in [0.15, 0.2) is 12.6 Å². The molecule has 170 valence electrons. The van der Waals surface area contributed by atoms with Gasteiger partial charge in [-0.2, -0.15) is 13.2 Å². The predicted octanol–water partition coefficient (Wildman–Crippen LogP) is 3.49. The predicted molar refractivity (Wildman–Crippen MR) is 125 cm³/mol. The van der Waals surface area contributed by atoms with Crippen LogP contribution in [0.5, 0.6) is 5.75 Å². The number of nitrogens with two attached hydrogens (primary N) is 1. The second kappa shape index (κ2) is 13.0. The molecule has 10 heteroatoms. The van der Waals surface area contributed by atoms with E-state index in [1.54, 1.807) is 12.1 Å². The largest absolute Gasteiger partial charge is 0.484 e. The molecule has 4 N–H and O–H groups in total. The molecule has 0 fully saturated rings. The summed E-state index contributed by atoms with van der Waals surface area (Å²) in [7, 11) is 0. The van der Waals surface area contributed by atoms with E-state index in [9.17, 15) is 18.0 Å². The van der Waals surface area contributed by atoms with E-state index in [0.29, 0.717) is 30.4 Å². The van der Waals surface area contributed by atoms with Crippen LogP contribution in [0.2, 0.25) is 0 Å². The van der Waals surface area contributed by atoms with E-state index in [0.717, 1.165) is 24.1 Å². The third-order valence-corrected chi connectivity index (χ3v) is 4.06. The van der Waals surface area contributed by atoms with Crippen molar-refractivity contribution in [1.29, 1.82) is 0 Å². The summed E-state index contributed by atoms with van der Waals surface area (Å²) >= 11 is 0. The van der Waals surface area contributed by atoms with Crippen molar-refractivity contribution in [2.45, 2.75) is 26.1 Å². The van der Waals surface area contributed by atoms with Crippen LogP contribution in [-0.4, -0.2) is 31.6 Å². The van der Waals surface area contributed by atoms with Gasteiger partial charge in [0.25, 0.3) is 5.91 Å². The lowest BCUT2D eigenvalue weighted by atomic mass is 10.1. The fraction of sp³-hybridized carbons (Fsp3) is 0.333. The lowest BCUT2D eigenvalue weighted by molar-refractivity contribution is -0.137. The molecule has 0 aliphatic carbocycles. The molecular formula is C21H26F3IN4O2. The van der Waals surface area contributed by atoms with Gasteiger partial charge in [-0.15, -0.1) is 24.0 Å². The summed E-state index contributed by atoms with van der Waals surface area (Å²) in [4.78, 5) is 15.1. The van der Waals surface area contributed by atoms with Crippen molar-refractivity contribution >= 4 is 35.8 Å². The molecule has 1 amide bonds. The third kappa shape index (κ3) is 9.90. The summed E-state index contributed by atoms with van der Waals surface area (Å²) < 4.78 is 43.1. The molecule has 0 saturated carbocycles. The topological polar surface area (TPSA) is 88.7 Å². The van der Waals surface area contributed by atoms with E-state index in [1.807, 2.05) is 19.1 Å². The van der Waals surface area contributed by atoms with Crippen molar-refractivity contribution in [3.63, 3.8) is 0 Å². The number of ether oxygens (including phenoxy) is 1. The van der Waals surface area contributed by atoms with Crippen LogP contribution in [0.15, 0.2) is 53.5 Å². The number of guanidine groups is 1. The summed E-state index contributed by atoms with van der Waals surface area (Å²) in [5.74, 6) is 0.616. The summed E-state index contributed by atoms with van der Waals surface area (Å²) in [6.45, 7) is 3.30. The molecule has 0 aliphatic rings. The van der Waals surface area contributed by atoms with Gasteiger partial charge in [-0.3, -0.25) is 4.79 Å². The first-order valence-corrected chi connectivity index (χ1v) is 9.46. The number of nitrogens with zero attached hydrogens (tertiary/aromatic N) is 1. The second-order valence-corrected chi connectivity index (χ2v) is 6.47. The molecular weight excluding hydrogens is 524 g/mol. The van der Waals surface area contributed by atoms with E-state index in [2.05, 4.69) is 15.6 Å². The Balaban J connectivity index is 0.00000480. The van der Waals surface area contributed by atoms with E-state index >= 15 is 0 Å². The fourth-order valence-corrected chi connectivity index (χ4v) is 2.54. The van der Waals surface area contributed by atoms with E-state index in [1.165, 1.54) is 12.1 Å². The highest BCUT2D eigenvalue weighted by atomic mass is 127. The Hall–Kier alpha value is -2.50. The number of primary amides is 1. The zero-order valence-electron chi connectivity index (χ0n) is 17.0. The van der Waals surface area contributed by atoms with Crippen molar-refractivity contribution in [3.8, 4) is 5.75 Å². The number of alkyl halides is 3. The maximum Gasteiger partial charge on any atom is 0.416 e. The van der Waals surface area contributed by atoms with Gasteiger partial charge in [-0.1, -0.05) is 24.3 Å². The molecule has 0 unspecified atom stereocenters. The van der Waals surface area contributed by atoms with Gasteiger partial charge in [-0.25, -0.2) is 4.99 Å². The maximum absolute atomic E-state index is 12.6. The lowest BCUT2D eigenvalue weighted by Gasteiger charge is -2.12. The molecule has 0 heterocycles. The van der Waals surface area contributed by atoms with Crippen molar-refractivity contribution in [3.05, 3.63) is 65.2 Å². The Labute approximate surface area is 196 Å². The van der Waals surface area contributed by atoms with Gasteiger partial charge in [0.05, 0.1) is 12.1 Å².